The van der Waals surface area contributed by atoms with Crippen LogP contribution in [0.25, 0.3) is 0 Å². The molecule has 1 aromatic heterocycles. The molecule has 0 saturated carbocycles. The average Bonchev–Trinajstić information content (AvgIpc) is 2.25. The van der Waals surface area contributed by atoms with Gasteiger partial charge < -0.3 is 4.74 Å². The molecule has 0 unspecified atom stereocenters. The lowest BCUT2D eigenvalue weighted by atomic mass is 10.2. The van der Waals surface area contributed by atoms with Gasteiger partial charge in [-0.2, -0.15) is 0 Å². The first-order valence-electron chi connectivity index (χ1n) is 4.81. The quantitative estimate of drug-likeness (QED) is 0.831. The van der Waals surface area contributed by atoms with E-state index in [2.05, 4.69) is 20.9 Å². The Labute approximate surface area is 94.2 Å². The second kappa shape index (κ2) is 4.32. The molecule has 15 heavy (non-hydrogen) atoms. The molecule has 2 rings (SSSR count). The first-order valence-corrected chi connectivity index (χ1v) is 5.60. The zero-order chi connectivity index (χ0) is 10.8. The maximum Gasteiger partial charge on any atom is 0.330 e. The molecular weight excluding hydrogens is 264 g/mol. The summed E-state index contributed by atoms with van der Waals surface area (Å²) >= 11 is 3.09. The summed E-state index contributed by atoms with van der Waals surface area (Å²) < 4.78 is 7.22. The molecule has 0 bridgehead atoms. The minimum atomic E-state index is -0.421. The van der Waals surface area contributed by atoms with E-state index in [9.17, 15) is 9.59 Å². The average molecular weight is 275 g/mol. The molecule has 1 N–H and O–H groups in total. The number of H-pyrrole nitrogens is 1. The summed E-state index contributed by atoms with van der Waals surface area (Å²) in [6, 6.07) is 0. The number of aromatic amines is 1. The second-order valence-corrected chi connectivity index (χ2v) is 4.32. The first kappa shape index (κ1) is 10.6. The lowest BCUT2D eigenvalue weighted by molar-refractivity contribution is -0.0350. The Morgan fingerprint density at radius 2 is 2.27 bits per heavy atom. The van der Waals surface area contributed by atoms with E-state index in [4.69, 9.17) is 4.74 Å². The van der Waals surface area contributed by atoms with Gasteiger partial charge in [-0.25, -0.2) is 4.79 Å². The van der Waals surface area contributed by atoms with Crippen LogP contribution in [-0.4, -0.2) is 16.2 Å². The number of hydrogen-bond acceptors (Lipinski definition) is 3. The topological polar surface area (TPSA) is 64.1 Å². The predicted octanol–water partition coefficient (Wildman–Crippen LogP) is 0.998. The van der Waals surface area contributed by atoms with E-state index in [0.717, 1.165) is 19.3 Å². The number of aromatic nitrogens is 2. The van der Waals surface area contributed by atoms with Crippen LogP contribution in [0.15, 0.2) is 20.3 Å². The smallest absolute Gasteiger partial charge is 0.330 e. The van der Waals surface area contributed by atoms with Crippen molar-refractivity contribution in [3.63, 3.8) is 0 Å². The van der Waals surface area contributed by atoms with Gasteiger partial charge in [-0.15, -0.1) is 0 Å². The Kier molecular flexibility index (Phi) is 3.06. The van der Waals surface area contributed by atoms with Gasteiger partial charge in [-0.05, 0) is 35.2 Å². The van der Waals surface area contributed by atoms with Crippen molar-refractivity contribution in [1.82, 2.24) is 9.55 Å². The van der Waals surface area contributed by atoms with E-state index in [1.54, 1.807) is 0 Å². The lowest BCUT2D eigenvalue weighted by Crippen LogP contribution is -2.34. The third-order valence-corrected chi connectivity index (χ3v) is 2.96. The van der Waals surface area contributed by atoms with Gasteiger partial charge in [-0.1, -0.05) is 0 Å². The van der Waals surface area contributed by atoms with Crippen molar-refractivity contribution in [3.8, 4) is 0 Å². The molecule has 0 amide bonds. The van der Waals surface area contributed by atoms with Gasteiger partial charge in [0.05, 0.1) is 4.47 Å². The molecule has 0 radical (unpaired) electrons. The van der Waals surface area contributed by atoms with Crippen LogP contribution in [0.3, 0.4) is 0 Å². The van der Waals surface area contributed by atoms with Crippen LogP contribution in [0.1, 0.15) is 25.5 Å². The minimum absolute atomic E-state index is 0.251. The van der Waals surface area contributed by atoms with Gasteiger partial charge in [0.1, 0.15) is 6.23 Å². The van der Waals surface area contributed by atoms with E-state index >= 15 is 0 Å². The molecular formula is C9H11BrN2O3. The van der Waals surface area contributed by atoms with Crippen molar-refractivity contribution in [3.05, 3.63) is 31.5 Å². The summed E-state index contributed by atoms with van der Waals surface area (Å²) in [7, 11) is 0. The van der Waals surface area contributed by atoms with Crippen LogP contribution in [0.2, 0.25) is 0 Å². The maximum atomic E-state index is 11.5. The highest BCUT2D eigenvalue weighted by atomic mass is 79.9. The fourth-order valence-corrected chi connectivity index (χ4v) is 1.94. The van der Waals surface area contributed by atoms with Crippen molar-refractivity contribution in [2.75, 3.05) is 6.61 Å². The largest absolute Gasteiger partial charge is 0.358 e. The van der Waals surface area contributed by atoms with E-state index in [1.807, 2.05) is 0 Å². The molecule has 6 heteroatoms. The Morgan fingerprint density at radius 3 is 2.93 bits per heavy atom. The molecule has 0 aliphatic carbocycles. The highest BCUT2D eigenvalue weighted by molar-refractivity contribution is 9.10. The highest BCUT2D eigenvalue weighted by Crippen LogP contribution is 2.20. The standard InChI is InChI=1S/C9H11BrN2O3/c10-6-5-12(9(14)11-8(6)13)7-3-1-2-4-15-7/h5,7H,1-4H2,(H,11,13,14)/t7-/m1/s1. The molecule has 2 heterocycles. The number of nitrogens with one attached hydrogen (secondary N) is 1. The molecule has 1 aromatic rings. The number of rotatable bonds is 1. The van der Waals surface area contributed by atoms with Crippen molar-refractivity contribution < 1.29 is 4.74 Å². The van der Waals surface area contributed by atoms with Gasteiger partial charge >= 0.3 is 5.69 Å². The molecule has 1 atom stereocenters. The minimum Gasteiger partial charge on any atom is -0.358 e. The molecule has 1 saturated heterocycles. The third-order valence-electron chi connectivity index (χ3n) is 2.39. The SMILES string of the molecule is O=c1[nH]c(=O)n([C@H]2CCCCO2)cc1Br. The van der Waals surface area contributed by atoms with Crippen molar-refractivity contribution >= 4 is 15.9 Å². The van der Waals surface area contributed by atoms with E-state index in [1.165, 1.54) is 10.8 Å². The number of halogens is 1. The van der Waals surface area contributed by atoms with Gasteiger partial charge in [0, 0.05) is 12.8 Å². The summed E-state index contributed by atoms with van der Waals surface area (Å²) in [5.41, 5.74) is -0.831. The number of hydrogen-bond donors (Lipinski definition) is 1. The Balaban J connectivity index is 2.39. The monoisotopic (exact) mass is 274 g/mol. The molecule has 1 aliphatic rings. The summed E-state index contributed by atoms with van der Waals surface area (Å²) in [4.78, 5) is 24.8. The van der Waals surface area contributed by atoms with Gasteiger partial charge in [0.15, 0.2) is 0 Å². The summed E-state index contributed by atoms with van der Waals surface area (Å²) in [5, 5.41) is 0. The van der Waals surface area contributed by atoms with Gasteiger partial charge in [0.25, 0.3) is 5.56 Å². The lowest BCUT2D eigenvalue weighted by Gasteiger charge is -2.24. The van der Waals surface area contributed by atoms with Crippen LogP contribution in [0.5, 0.6) is 0 Å². The Morgan fingerprint density at radius 1 is 1.47 bits per heavy atom. The molecule has 1 aliphatic heterocycles. The van der Waals surface area contributed by atoms with Crippen molar-refractivity contribution in [1.29, 1.82) is 0 Å². The molecule has 1 fully saturated rings. The summed E-state index contributed by atoms with van der Waals surface area (Å²) in [6.07, 6.45) is 4.10. The van der Waals surface area contributed by atoms with Crippen LogP contribution < -0.4 is 11.2 Å². The predicted molar refractivity (Wildman–Crippen MR) is 57.9 cm³/mol. The maximum absolute atomic E-state index is 11.5. The molecule has 5 nitrogen and oxygen atoms in total. The normalized spacial score (nSPS) is 21.5. The van der Waals surface area contributed by atoms with E-state index < -0.39 is 11.2 Å². The van der Waals surface area contributed by atoms with E-state index in [0.29, 0.717) is 11.1 Å². The number of ether oxygens (including phenoxy) is 1. The zero-order valence-electron chi connectivity index (χ0n) is 8.03. The van der Waals surface area contributed by atoms with Crippen LogP contribution in [0, 0.1) is 0 Å². The summed E-state index contributed by atoms with van der Waals surface area (Å²) in [6.45, 7) is 0.661. The fourth-order valence-electron chi connectivity index (χ4n) is 1.62. The van der Waals surface area contributed by atoms with E-state index in [-0.39, 0.29) is 6.23 Å². The van der Waals surface area contributed by atoms with Crippen LogP contribution in [0.4, 0.5) is 0 Å². The van der Waals surface area contributed by atoms with Crippen molar-refractivity contribution in [2.45, 2.75) is 25.5 Å². The van der Waals surface area contributed by atoms with Crippen molar-refractivity contribution in [2.24, 2.45) is 0 Å². The second-order valence-electron chi connectivity index (χ2n) is 3.46. The zero-order valence-corrected chi connectivity index (χ0v) is 9.62. The Bertz CT molecular complexity index is 459. The molecule has 0 aromatic carbocycles. The Hall–Kier alpha value is -0.880. The van der Waals surface area contributed by atoms with Crippen LogP contribution in [-0.2, 0) is 4.74 Å². The number of nitrogens with zero attached hydrogens (tertiary/aromatic N) is 1. The molecule has 82 valence electrons. The van der Waals surface area contributed by atoms with Gasteiger partial charge in [-0.3, -0.25) is 14.3 Å². The van der Waals surface area contributed by atoms with Gasteiger partial charge in [0.2, 0.25) is 0 Å². The first-order chi connectivity index (χ1) is 7.18. The highest BCUT2D eigenvalue weighted by Gasteiger charge is 2.17. The summed E-state index contributed by atoms with van der Waals surface area (Å²) in [5.74, 6) is 0. The third kappa shape index (κ3) is 2.21. The molecule has 0 spiro atoms. The van der Waals surface area contributed by atoms with Crippen LogP contribution >= 0.6 is 15.9 Å². The fraction of sp³-hybridized carbons (Fsp3) is 0.556.